The van der Waals surface area contributed by atoms with Gasteiger partial charge in [-0.05, 0) is 24.1 Å². The van der Waals surface area contributed by atoms with Crippen molar-refractivity contribution in [3.05, 3.63) is 65.7 Å². The molecule has 0 bridgehead atoms. The second-order valence-electron chi connectivity index (χ2n) is 6.19. The lowest BCUT2D eigenvalue weighted by molar-refractivity contribution is 0.0761. The Hall–Kier alpha value is -3.19. The second-order valence-corrected chi connectivity index (χ2v) is 6.19. The van der Waals surface area contributed by atoms with Crippen molar-refractivity contribution in [3.63, 3.8) is 0 Å². The molecule has 0 fully saturated rings. The summed E-state index contributed by atoms with van der Waals surface area (Å²) < 4.78 is 4.95. The van der Waals surface area contributed by atoms with Gasteiger partial charge in [0.1, 0.15) is 0 Å². The lowest BCUT2D eigenvalue weighted by atomic mass is 10.1. The Morgan fingerprint density at radius 2 is 1.89 bits per heavy atom. The Bertz CT molecular complexity index is 878. The van der Waals surface area contributed by atoms with Gasteiger partial charge >= 0.3 is 6.01 Å². The molecule has 0 unspecified atom stereocenters. The molecule has 0 aliphatic rings. The molecular weight excluding hydrogens is 344 g/mol. The van der Waals surface area contributed by atoms with Crippen molar-refractivity contribution in [1.29, 1.82) is 0 Å². The number of aromatic amines is 1. The van der Waals surface area contributed by atoms with Crippen molar-refractivity contribution in [2.24, 2.45) is 0 Å². The summed E-state index contributed by atoms with van der Waals surface area (Å²) in [4.78, 5) is 18.4. The van der Waals surface area contributed by atoms with E-state index in [0.29, 0.717) is 24.4 Å². The molecule has 0 spiro atoms. The Morgan fingerprint density at radius 3 is 2.52 bits per heavy atom. The molecule has 1 aromatic heterocycles. The van der Waals surface area contributed by atoms with E-state index in [-0.39, 0.29) is 11.9 Å². The summed E-state index contributed by atoms with van der Waals surface area (Å²) >= 11 is 0. The zero-order valence-electron chi connectivity index (χ0n) is 15.3. The second kappa shape index (κ2) is 8.46. The van der Waals surface area contributed by atoms with Gasteiger partial charge in [0.05, 0.1) is 13.2 Å². The first-order valence-corrected chi connectivity index (χ1v) is 8.64. The summed E-state index contributed by atoms with van der Waals surface area (Å²) in [5, 5.41) is 16.9. The predicted molar refractivity (Wildman–Crippen MR) is 101 cm³/mol. The smallest absolute Gasteiger partial charge is 0.335 e. The van der Waals surface area contributed by atoms with Crippen LogP contribution in [0.1, 0.15) is 28.4 Å². The molecule has 1 heterocycles. The third-order valence-electron chi connectivity index (χ3n) is 4.32. The van der Waals surface area contributed by atoms with E-state index in [2.05, 4.69) is 15.2 Å². The molecule has 1 atom stereocenters. The maximum atomic E-state index is 12.6. The van der Waals surface area contributed by atoms with Crippen LogP contribution >= 0.6 is 0 Å². The maximum absolute atomic E-state index is 12.6. The average molecular weight is 366 g/mol. The first-order valence-electron chi connectivity index (χ1n) is 8.64. The number of aromatic nitrogens is 3. The highest BCUT2D eigenvalue weighted by Gasteiger charge is 2.15. The number of hydrogen-bond acceptors (Lipinski definition) is 5. The zero-order valence-corrected chi connectivity index (χ0v) is 15.3. The number of benzene rings is 2. The van der Waals surface area contributed by atoms with Crippen LogP contribution in [0.2, 0.25) is 0 Å². The molecule has 7 heteroatoms. The number of methoxy groups -OCH3 is 1. The number of carbonyl (C=O) groups excluding carboxylic acids is 1. The number of carbonyl (C=O) groups is 1. The van der Waals surface area contributed by atoms with Crippen LogP contribution in [-0.2, 0) is 0 Å². The zero-order chi connectivity index (χ0) is 19.2. The number of hydrogen-bond donors (Lipinski definition) is 2. The summed E-state index contributed by atoms with van der Waals surface area (Å²) in [6, 6.07) is 16.8. The highest BCUT2D eigenvalue weighted by Crippen LogP contribution is 2.19. The van der Waals surface area contributed by atoms with Crippen LogP contribution < -0.4 is 4.74 Å². The average Bonchev–Trinajstić information content (AvgIpc) is 3.21. The summed E-state index contributed by atoms with van der Waals surface area (Å²) in [5.74, 6) is 0.474. The van der Waals surface area contributed by atoms with E-state index < -0.39 is 6.10 Å². The number of aliphatic hydroxyl groups excluding tert-OH is 1. The van der Waals surface area contributed by atoms with E-state index in [9.17, 15) is 9.90 Å². The van der Waals surface area contributed by atoms with Gasteiger partial charge in [0, 0.05) is 24.7 Å². The van der Waals surface area contributed by atoms with Crippen LogP contribution in [0.25, 0.3) is 11.4 Å². The van der Waals surface area contributed by atoms with E-state index in [1.165, 1.54) is 7.11 Å². The SMILES string of the molecule is COc1n[nH]c(-c2ccc(C(=O)N(C)CC[C@@H](O)c3ccccc3)cc2)n1. The van der Waals surface area contributed by atoms with Gasteiger partial charge in [0.15, 0.2) is 5.82 Å². The van der Waals surface area contributed by atoms with Crippen molar-refractivity contribution in [2.75, 3.05) is 20.7 Å². The number of ether oxygens (including phenoxy) is 1. The number of nitrogens with zero attached hydrogens (tertiary/aromatic N) is 3. The van der Waals surface area contributed by atoms with Crippen molar-refractivity contribution in [1.82, 2.24) is 20.1 Å². The molecule has 3 aromatic rings. The van der Waals surface area contributed by atoms with Crippen molar-refractivity contribution < 1.29 is 14.6 Å². The molecule has 140 valence electrons. The van der Waals surface area contributed by atoms with Gasteiger partial charge in [-0.2, -0.15) is 4.98 Å². The van der Waals surface area contributed by atoms with Crippen molar-refractivity contribution in [3.8, 4) is 17.4 Å². The lowest BCUT2D eigenvalue weighted by Crippen LogP contribution is -2.28. The molecule has 0 aliphatic heterocycles. The maximum Gasteiger partial charge on any atom is 0.335 e. The summed E-state index contributed by atoms with van der Waals surface area (Å²) in [6.45, 7) is 0.454. The quantitative estimate of drug-likeness (QED) is 0.671. The Labute approximate surface area is 157 Å². The first kappa shape index (κ1) is 18.6. The molecule has 0 radical (unpaired) electrons. The molecule has 2 aromatic carbocycles. The number of rotatable bonds is 7. The van der Waals surface area contributed by atoms with Gasteiger partial charge in [-0.1, -0.05) is 42.5 Å². The van der Waals surface area contributed by atoms with Gasteiger partial charge in [-0.3, -0.25) is 9.89 Å². The van der Waals surface area contributed by atoms with Gasteiger partial charge in [-0.15, -0.1) is 5.10 Å². The van der Waals surface area contributed by atoms with E-state index in [0.717, 1.165) is 11.1 Å². The van der Waals surface area contributed by atoms with Crippen molar-refractivity contribution >= 4 is 5.91 Å². The van der Waals surface area contributed by atoms with Gasteiger partial charge in [-0.25, -0.2) is 0 Å². The predicted octanol–water partition coefficient (Wildman–Crippen LogP) is 2.68. The topological polar surface area (TPSA) is 91.3 Å². The standard InChI is InChI=1S/C20H22N4O3/c1-24(13-12-17(25)14-6-4-3-5-7-14)19(26)16-10-8-15(9-11-16)18-21-20(27-2)23-22-18/h3-11,17,25H,12-13H2,1-2H3,(H,21,22,23)/t17-/m1/s1. The third-order valence-corrected chi connectivity index (χ3v) is 4.32. The molecular formula is C20H22N4O3. The Morgan fingerprint density at radius 1 is 1.19 bits per heavy atom. The van der Waals surface area contributed by atoms with Crippen LogP contribution in [0.3, 0.4) is 0 Å². The van der Waals surface area contributed by atoms with Crippen molar-refractivity contribution in [2.45, 2.75) is 12.5 Å². The number of nitrogens with one attached hydrogen (secondary N) is 1. The van der Waals surface area contributed by atoms with Crippen LogP contribution in [0, 0.1) is 0 Å². The normalized spacial score (nSPS) is 11.8. The number of amides is 1. The fraction of sp³-hybridized carbons (Fsp3) is 0.250. The molecule has 0 saturated carbocycles. The summed E-state index contributed by atoms with van der Waals surface area (Å²) in [5.41, 5.74) is 2.23. The van der Waals surface area contributed by atoms with E-state index in [1.807, 2.05) is 30.3 Å². The molecule has 27 heavy (non-hydrogen) atoms. The summed E-state index contributed by atoms with van der Waals surface area (Å²) in [6.07, 6.45) is -0.118. The minimum atomic E-state index is -0.592. The molecule has 0 aliphatic carbocycles. The van der Waals surface area contributed by atoms with Crippen LogP contribution in [0.15, 0.2) is 54.6 Å². The number of aliphatic hydroxyl groups is 1. The van der Waals surface area contributed by atoms with Gasteiger partial charge < -0.3 is 14.7 Å². The lowest BCUT2D eigenvalue weighted by Gasteiger charge is -2.19. The third kappa shape index (κ3) is 4.51. The van der Waals surface area contributed by atoms with E-state index in [4.69, 9.17) is 4.74 Å². The largest absolute Gasteiger partial charge is 0.466 e. The fourth-order valence-corrected chi connectivity index (χ4v) is 2.72. The minimum absolute atomic E-state index is 0.100. The van der Waals surface area contributed by atoms with Crippen LogP contribution in [-0.4, -0.2) is 51.8 Å². The van der Waals surface area contributed by atoms with Crippen LogP contribution in [0.5, 0.6) is 6.01 Å². The number of H-pyrrole nitrogens is 1. The van der Waals surface area contributed by atoms with Gasteiger partial charge in [0.25, 0.3) is 5.91 Å². The molecule has 3 rings (SSSR count). The van der Waals surface area contributed by atoms with E-state index >= 15 is 0 Å². The fourth-order valence-electron chi connectivity index (χ4n) is 2.72. The first-order chi connectivity index (χ1) is 13.1. The van der Waals surface area contributed by atoms with Crippen LogP contribution in [0.4, 0.5) is 0 Å². The molecule has 7 nitrogen and oxygen atoms in total. The Kier molecular flexibility index (Phi) is 5.83. The minimum Gasteiger partial charge on any atom is -0.466 e. The van der Waals surface area contributed by atoms with E-state index in [1.54, 1.807) is 36.2 Å². The summed E-state index contributed by atoms with van der Waals surface area (Å²) in [7, 11) is 3.23. The molecule has 1 amide bonds. The highest BCUT2D eigenvalue weighted by molar-refractivity contribution is 5.94. The Balaban J connectivity index is 1.59. The van der Waals surface area contributed by atoms with Gasteiger partial charge in [0.2, 0.25) is 0 Å². The molecule has 2 N–H and O–H groups in total. The highest BCUT2D eigenvalue weighted by atomic mass is 16.5. The molecule has 0 saturated heterocycles. The monoisotopic (exact) mass is 366 g/mol.